The summed E-state index contributed by atoms with van der Waals surface area (Å²) in [7, 11) is 0. The summed E-state index contributed by atoms with van der Waals surface area (Å²) in [5, 5.41) is 0. The molecule has 2 nitrogen and oxygen atoms in total. The van der Waals surface area contributed by atoms with E-state index in [0.29, 0.717) is 6.10 Å². The van der Waals surface area contributed by atoms with Crippen molar-refractivity contribution in [2.45, 2.75) is 31.8 Å². The second kappa shape index (κ2) is 1.96. The molecule has 0 aromatic rings. The molecule has 2 aliphatic rings. The van der Waals surface area contributed by atoms with Crippen LogP contribution in [-0.2, 0) is 4.84 Å². The van der Waals surface area contributed by atoms with E-state index in [1.54, 1.807) is 0 Å². The molecule has 0 heterocycles. The zero-order chi connectivity index (χ0) is 6.27. The first-order valence-corrected chi connectivity index (χ1v) is 3.77. The topological polar surface area (TPSA) is 35.2 Å². The summed E-state index contributed by atoms with van der Waals surface area (Å²) in [6.45, 7) is 0. The number of rotatable bonds is 3. The van der Waals surface area contributed by atoms with Crippen molar-refractivity contribution in [2.75, 3.05) is 0 Å². The second-order valence-corrected chi connectivity index (χ2v) is 3.28. The lowest BCUT2D eigenvalue weighted by molar-refractivity contribution is 0.0224. The normalized spacial score (nSPS) is 27.3. The zero-order valence-corrected chi connectivity index (χ0v) is 5.55. The van der Waals surface area contributed by atoms with Crippen LogP contribution >= 0.6 is 0 Å². The molecule has 2 heteroatoms. The lowest BCUT2D eigenvalue weighted by atomic mass is 10.1. The maximum absolute atomic E-state index is 5.15. The van der Waals surface area contributed by atoms with E-state index in [-0.39, 0.29) is 0 Å². The number of nitrogens with two attached hydrogens (primary N) is 1. The lowest BCUT2D eigenvalue weighted by Crippen LogP contribution is -2.21. The summed E-state index contributed by atoms with van der Waals surface area (Å²) in [5.74, 6) is 6.80. The van der Waals surface area contributed by atoms with Crippen LogP contribution in [0.5, 0.6) is 0 Å². The summed E-state index contributed by atoms with van der Waals surface area (Å²) in [5.41, 5.74) is 0. The summed E-state index contributed by atoms with van der Waals surface area (Å²) < 4.78 is 0. The Hall–Kier alpha value is -0.0800. The first-order valence-electron chi connectivity index (χ1n) is 3.77. The molecular formula is C7H13NO. The molecule has 9 heavy (non-hydrogen) atoms. The average Bonchev–Trinajstić information content (AvgIpc) is 2.61. The number of hydrogen-bond acceptors (Lipinski definition) is 2. The molecule has 0 unspecified atom stereocenters. The van der Waals surface area contributed by atoms with Crippen LogP contribution in [0.3, 0.4) is 0 Å². The van der Waals surface area contributed by atoms with Crippen LogP contribution in [0.25, 0.3) is 0 Å². The molecule has 2 fully saturated rings. The molecule has 0 radical (unpaired) electrons. The highest BCUT2D eigenvalue weighted by Crippen LogP contribution is 2.45. The van der Waals surface area contributed by atoms with E-state index < -0.39 is 0 Å². The van der Waals surface area contributed by atoms with Crippen molar-refractivity contribution in [3.63, 3.8) is 0 Å². The van der Waals surface area contributed by atoms with Gasteiger partial charge in [0.1, 0.15) is 0 Å². The Balaban J connectivity index is 1.85. The molecule has 0 spiro atoms. The third kappa shape index (κ3) is 1.10. The second-order valence-electron chi connectivity index (χ2n) is 3.28. The third-order valence-electron chi connectivity index (χ3n) is 2.33. The van der Waals surface area contributed by atoms with Gasteiger partial charge >= 0.3 is 0 Å². The van der Waals surface area contributed by atoms with E-state index in [1.165, 1.54) is 25.7 Å². The van der Waals surface area contributed by atoms with Crippen LogP contribution in [0, 0.1) is 11.8 Å². The molecule has 0 amide bonds. The SMILES string of the molecule is NOC(C1CC1)C1CC1. The van der Waals surface area contributed by atoms with Gasteiger partial charge in [0.05, 0.1) is 6.10 Å². The third-order valence-corrected chi connectivity index (χ3v) is 2.33. The Morgan fingerprint density at radius 3 is 1.78 bits per heavy atom. The van der Waals surface area contributed by atoms with Gasteiger partial charge in [-0.3, -0.25) is 0 Å². The Kier molecular flexibility index (Phi) is 1.24. The van der Waals surface area contributed by atoms with Gasteiger partial charge in [0, 0.05) is 0 Å². The highest BCUT2D eigenvalue weighted by molar-refractivity contribution is 4.92. The van der Waals surface area contributed by atoms with Crippen LogP contribution in [0.2, 0.25) is 0 Å². The van der Waals surface area contributed by atoms with Gasteiger partial charge in [0.2, 0.25) is 0 Å². The van der Waals surface area contributed by atoms with Crippen LogP contribution in [0.1, 0.15) is 25.7 Å². The van der Waals surface area contributed by atoms with Gasteiger partial charge in [0.25, 0.3) is 0 Å². The van der Waals surface area contributed by atoms with Gasteiger partial charge < -0.3 is 4.84 Å². The summed E-state index contributed by atoms with van der Waals surface area (Å²) in [4.78, 5) is 4.90. The van der Waals surface area contributed by atoms with Crippen molar-refractivity contribution in [3.8, 4) is 0 Å². The van der Waals surface area contributed by atoms with Crippen molar-refractivity contribution < 1.29 is 4.84 Å². The molecule has 2 aliphatic carbocycles. The predicted octanol–water partition coefficient (Wildman–Crippen LogP) is 1.07. The minimum atomic E-state index is 0.421. The van der Waals surface area contributed by atoms with Crippen molar-refractivity contribution >= 4 is 0 Å². The Morgan fingerprint density at radius 2 is 1.56 bits per heavy atom. The Morgan fingerprint density at radius 1 is 1.11 bits per heavy atom. The van der Waals surface area contributed by atoms with Crippen LogP contribution in [0.4, 0.5) is 0 Å². The highest BCUT2D eigenvalue weighted by atomic mass is 16.6. The van der Waals surface area contributed by atoms with Gasteiger partial charge in [-0.05, 0) is 37.5 Å². The van der Waals surface area contributed by atoms with Crippen molar-refractivity contribution in [1.82, 2.24) is 0 Å². The highest BCUT2D eigenvalue weighted by Gasteiger charge is 2.42. The fraction of sp³-hybridized carbons (Fsp3) is 1.00. The average molecular weight is 127 g/mol. The van der Waals surface area contributed by atoms with E-state index in [0.717, 1.165) is 11.8 Å². The summed E-state index contributed by atoms with van der Waals surface area (Å²) in [6, 6.07) is 0. The van der Waals surface area contributed by atoms with E-state index in [9.17, 15) is 0 Å². The lowest BCUT2D eigenvalue weighted by Gasteiger charge is -2.10. The predicted molar refractivity (Wildman–Crippen MR) is 34.5 cm³/mol. The van der Waals surface area contributed by atoms with Crippen molar-refractivity contribution in [1.29, 1.82) is 0 Å². The fourth-order valence-electron chi connectivity index (χ4n) is 1.46. The molecule has 2 saturated carbocycles. The van der Waals surface area contributed by atoms with Gasteiger partial charge in [-0.1, -0.05) is 0 Å². The molecule has 2 rings (SSSR count). The number of hydrogen-bond donors (Lipinski definition) is 1. The molecule has 0 aliphatic heterocycles. The zero-order valence-electron chi connectivity index (χ0n) is 5.55. The van der Waals surface area contributed by atoms with Gasteiger partial charge in [0.15, 0.2) is 0 Å². The van der Waals surface area contributed by atoms with E-state index in [4.69, 9.17) is 10.7 Å². The van der Waals surface area contributed by atoms with Crippen LogP contribution in [-0.4, -0.2) is 6.10 Å². The van der Waals surface area contributed by atoms with Crippen LogP contribution in [0.15, 0.2) is 0 Å². The molecule has 52 valence electrons. The first kappa shape index (κ1) is 5.69. The monoisotopic (exact) mass is 127 g/mol. The van der Waals surface area contributed by atoms with Gasteiger partial charge in [-0.15, -0.1) is 0 Å². The standard InChI is InChI=1S/C7H13NO/c8-9-7(5-1-2-5)6-3-4-6/h5-7H,1-4,8H2. The minimum Gasteiger partial charge on any atom is -0.301 e. The molecule has 0 bridgehead atoms. The minimum absolute atomic E-state index is 0.421. The van der Waals surface area contributed by atoms with E-state index in [1.807, 2.05) is 0 Å². The molecule has 0 aromatic carbocycles. The Labute approximate surface area is 55.3 Å². The maximum atomic E-state index is 5.15. The quantitative estimate of drug-likeness (QED) is 0.575. The van der Waals surface area contributed by atoms with Gasteiger partial charge in [-0.25, -0.2) is 5.90 Å². The van der Waals surface area contributed by atoms with Crippen molar-refractivity contribution in [3.05, 3.63) is 0 Å². The molecule has 0 aromatic heterocycles. The molecule has 0 saturated heterocycles. The molecule has 0 atom stereocenters. The van der Waals surface area contributed by atoms with Crippen molar-refractivity contribution in [2.24, 2.45) is 17.7 Å². The van der Waals surface area contributed by atoms with E-state index in [2.05, 4.69) is 0 Å². The summed E-state index contributed by atoms with van der Waals surface area (Å²) in [6.07, 6.45) is 5.80. The fourth-order valence-corrected chi connectivity index (χ4v) is 1.46. The Bertz CT molecular complexity index is 95.5. The first-order chi connectivity index (χ1) is 4.42. The summed E-state index contributed by atoms with van der Waals surface area (Å²) >= 11 is 0. The van der Waals surface area contributed by atoms with Crippen LogP contribution < -0.4 is 5.90 Å². The van der Waals surface area contributed by atoms with Gasteiger partial charge in [-0.2, -0.15) is 0 Å². The van der Waals surface area contributed by atoms with E-state index >= 15 is 0 Å². The maximum Gasteiger partial charge on any atom is 0.0843 e. The molecule has 2 N–H and O–H groups in total. The molecular weight excluding hydrogens is 114 g/mol. The largest absolute Gasteiger partial charge is 0.301 e. The smallest absolute Gasteiger partial charge is 0.0843 e.